The number of para-hydroxylation sites is 1. The maximum atomic E-state index is 5.88. The molecule has 0 bridgehead atoms. The molecule has 1 atom stereocenters. The van der Waals surface area contributed by atoms with Crippen molar-refractivity contribution < 1.29 is 0 Å². The van der Waals surface area contributed by atoms with Crippen LogP contribution in [0.2, 0.25) is 0 Å². The molecule has 3 nitrogen and oxygen atoms in total. The molecule has 0 aliphatic rings. The van der Waals surface area contributed by atoms with Gasteiger partial charge in [0, 0.05) is 31.7 Å². The minimum atomic E-state index is 0.181. The highest BCUT2D eigenvalue weighted by Gasteiger charge is 2.15. The molecule has 2 rings (SSSR count). The van der Waals surface area contributed by atoms with Crippen molar-refractivity contribution in [1.29, 1.82) is 0 Å². The molecular weight excluding hydrogens is 210 g/mol. The van der Waals surface area contributed by atoms with Gasteiger partial charge in [-0.25, -0.2) is 0 Å². The Labute approximate surface area is 102 Å². The van der Waals surface area contributed by atoms with Crippen LogP contribution in [0.5, 0.6) is 0 Å². The molecule has 3 heteroatoms. The molecule has 1 aromatic heterocycles. The molecule has 0 radical (unpaired) electrons. The minimum Gasteiger partial charge on any atom is -0.366 e. The summed E-state index contributed by atoms with van der Waals surface area (Å²) in [6, 6.07) is 14.5. The summed E-state index contributed by atoms with van der Waals surface area (Å²) in [5, 5.41) is 0. The van der Waals surface area contributed by atoms with E-state index in [0.717, 1.165) is 0 Å². The Hall–Kier alpha value is -1.87. The average Bonchev–Trinajstić information content (AvgIpc) is 2.42. The molecule has 0 saturated heterocycles. The number of hydrogen-bond acceptors (Lipinski definition) is 3. The van der Waals surface area contributed by atoms with Gasteiger partial charge < -0.3 is 10.6 Å². The van der Waals surface area contributed by atoms with Crippen molar-refractivity contribution in [3.8, 4) is 0 Å². The maximum absolute atomic E-state index is 5.88. The lowest BCUT2D eigenvalue weighted by Gasteiger charge is -2.29. The van der Waals surface area contributed by atoms with E-state index in [9.17, 15) is 0 Å². The van der Waals surface area contributed by atoms with Gasteiger partial charge in [-0.15, -0.1) is 0 Å². The van der Waals surface area contributed by atoms with E-state index < -0.39 is 0 Å². The van der Waals surface area contributed by atoms with Crippen LogP contribution in [-0.4, -0.2) is 18.6 Å². The number of aromatic nitrogens is 1. The second-order valence-electron chi connectivity index (χ2n) is 3.98. The summed E-state index contributed by atoms with van der Waals surface area (Å²) in [4.78, 5) is 6.22. The predicted molar refractivity (Wildman–Crippen MR) is 70.9 cm³/mol. The first-order valence-corrected chi connectivity index (χ1v) is 5.71. The fourth-order valence-corrected chi connectivity index (χ4v) is 1.95. The quantitative estimate of drug-likeness (QED) is 0.870. The van der Waals surface area contributed by atoms with Crippen molar-refractivity contribution in [3.05, 3.63) is 60.4 Å². The summed E-state index contributed by atoms with van der Waals surface area (Å²) < 4.78 is 0. The molecule has 0 aliphatic carbocycles. The Bertz CT molecular complexity index is 442. The number of rotatable bonds is 4. The third-order valence-corrected chi connectivity index (χ3v) is 2.95. The zero-order valence-electron chi connectivity index (χ0n) is 9.95. The average molecular weight is 227 g/mol. The monoisotopic (exact) mass is 227 g/mol. The molecule has 0 fully saturated rings. The van der Waals surface area contributed by atoms with Crippen LogP contribution in [-0.2, 0) is 0 Å². The largest absolute Gasteiger partial charge is 0.366 e. The highest BCUT2D eigenvalue weighted by atomic mass is 15.1. The van der Waals surface area contributed by atoms with Crippen molar-refractivity contribution in [2.24, 2.45) is 5.73 Å². The molecule has 0 spiro atoms. The highest BCUT2D eigenvalue weighted by Crippen LogP contribution is 2.23. The molecular formula is C14H17N3. The summed E-state index contributed by atoms with van der Waals surface area (Å²) in [5.41, 5.74) is 8.24. The second-order valence-corrected chi connectivity index (χ2v) is 3.98. The van der Waals surface area contributed by atoms with Gasteiger partial charge in [-0.05, 0) is 29.8 Å². The lowest BCUT2D eigenvalue weighted by molar-refractivity contribution is 0.680. The number of benzene rings is 1. The van der Waals surface area contributed by atoms with Gasteiger partial charge in [-0.3, -0.25) is 4.98 Å². The van der Waals surface area contributed by atoms with Gasteiger partial charge in [-0.1, -0.05) is 18.2 Å². The Morgan fingerprint density at radius 3 is 2.35 bits per heavy atom. The number of nitrogens with two attached hydrogens (primary N) is 1. The summed E-state index contributed by atoms with van der Waals surface area (Å²) in [6.07, 6.45) is 3.60. The fourth-order valence-electron chi connectivity index (χ4n) is 1.95. The first kappa shape index (κ1) is 11.6. The zero-order valence-corrected chi connectivity index (χ0v) is 9.95. The Morgan fingerprint density at radius 1 is 1.12 bits per heavy atom. The summed E-state index contributed by atoms with van der Waals surface area (Å²) in [6.45, 7) is 0.579. The summed E-state index contributed by atoms with van der Waals surface area (Å²) >= 11 is 0. The van der Waals surface area contributed by atoms with Gasteiger partial charge in [0.05, 0.1) is 6.04 Å². The summed E-state index contributed by atoms with van der Waals surface area (Å²) in [7, 11) is 2.06. The number of hydrogen-bond donors (Lipinski definition) is 1. The normalized spacial score (nSPS) is 12.1. The third kappa shape index (κ3) is 2.63. The van der Waals surface area contributed by atoms with Crippen LogP contribution >= 0.6 is 0 Å². The second kappa shape index (κ2) is 5.46. The van der Waals surface area contributed by atoms with Crippen molar-refractivity contribution in [2.45, 2.75) is 6.04 Å². The molecule has 2 aromatic rings. The number of nitrogens with zero attached hydrogens (tertiary/aromatic N) is 2. The standard InChI is InChI=1S/C14H17N3/c1-17(13-5-3-2-4-6-13)14(11-15)12-7-9-16-10-8-12/h2-10,14H,11,15H2,1H3. The van der Waals surface area contributed by atoms with Crippen molar-refractivity contribution in [2.75, 3.05) is 18.5 Å². The van der Waals surface area contributed by atoms with Gasteiger partial charge in [0.25, 0.3) is 0 Å². The van der Waals surface area contributed by atoms with Gasteiger partial charge in [0.15, 0.2) is 0 Å². The van der Waals surface area contributed by atoms with E-state index in [1.807, 2.05) is 30.3 Å². The van der Waals surface area contributed by atoms with Gasteiger partial charge in [0.1, 0.15) is 0 Å². The molecule has 88 valence electrons. The van der Waals surface area contributed by atoms with E-state index in [1.54, 1.807) is 12.4 Å². The highest BCUT2D eigenvalue weighted by molar-refractivity contribution is 5.47. The van der Waals surface area contributed by atoms with E-state index in [2.05, 4.69) is 29.1 Å². The summed E-state index contributed by atoms with van der Waals surface area (Å²) in [5.74, 6) is 0. The van der Waals surface area contributed by atoms with Crippen molar-refractivity contribution in [1.82, 2.24) is 4.98 Å². The Balaban J connectivity index is 2.25. The molecule has 0 aliphatic heterocycles. The maximum Gasteiger partial charge on any atom is 0.0662 e. The van der Waals surface area contributed by atoms with Crippen molar-refractivity contribution >= 4 is 5.69 Å². The van der Waals surface area contributed by atoms with Gasteiger partial charge >= 0.3 is 0 Å². The molecule has 2 N–H and O–H groups in total. The zero-order chi connectivity index (χ0) is 12.1. The smallest absolute Gasteiger partial charge is 0.0662 e. The number of likely N-dealkylation sites (N-methyl/N-ethyl adjacent to an activating group) is 1. The van der Waals surface area contributed by atoms with E-state index in [-0.39, 0.29) is 6.04 Å². The SMILES string of the molecule is CN(c1ccccc1)C(CN)c1ccncc1. The van der Waals surface area contributed by atoms with E-state index in [4.69, 9.17) is 5.73 Å². The van der Waals surface area contributed by atoms with Crippen LogP contribution in [0.4, 0.5) is 5.69 Å². The van der Waals surface area contributed by atoms with E-state index in [1.165, 1.54) is 11.3 Å². The van der Waals surface area contributed by atoms with Crippen LogP contribution < -0.4 is 10.6 Å². The number of anilines is 1. The van der Waals surface area contributed by atoms with Gasteiger partial charge in [0.2, 0.25) is 0 Å². The first-order valence-electron chi connectivity index (χ1n) is 5.71. The van der Waals surface area contributed by atoms with Crippen LogP contribution in [0, 0.1) is 0 Å². The van der Waals surface area contributed by atoms with Crippen molar-refractivity contribution in [3.63, 3.8) is 0 Å². The first-order chi connectivity index (χ1) is 8.33. The molecule has 1 unspecified atom stereocenters. The van der Waals surface area contributed by atoms with E-state index >= 15 is 0 Å². The van der Waals surface area contributed by atoms with Crippen LogP contribution in [0.3, 0.4) is 0 Å². The predicted octanol–water partition coefficient (Wildman–Crippen LogP) is 2.22. The molecule has 0 amide bonds. The van der Waals surface area contributed by atoms with Crippen LogP contribution in [0.25, 0.3) is 0 Å². The topological polar surface area (TPSA) is 42.1 Å². The van der Waals surface area contributed by atoms with E-state index in [0.29, 0.717) is 6.54 Å². The molecule has 17 heavy (non-hydrogen) atoms. The third-order valence-electron chi connectivity index (χ3n) is 2.95. The molecule has 1 aromatic carbocycles. The molecule has 0 saturated carbocycles. The minimum absolute atomic E-state index is 0.181. The lowest BCUT2D eigenvalue weighted by atomic mass is 10.1. The Kier molecular flexibility index (Phi) is 3.73. The van der Waals surface area contributed by atoms with Gasteiger partial charge in [-0.2, -0.15) is 0 Å². The number of pyridine rings is 1. The molecule has 1 heterocycles. The van der Waals surface area contributed by atoms with Crippen LogP contribution in [0.15, 0.2) is 54.9 Å². The fraction of sp³-hybridized carbons (Fsp3) is 0.214. The lowest BCUT2D eigenvalue weighted by Crippen LogP contribution is -2.30. The van der Waals surface area contributed by atoms with Crippen LogP contribution in [0.1, 0.15) is 11.6 Å². The Morgan fingerprint density at radius 2 is 1.76 bits per heavy atom.